The molecule has 1 unspecified atom stereocenters. The van der Waals surface area contributed by atoms with Crippen LogP contribution in [0.5, 0.6) is 0 Å². The normalized spacial score (nSPS) is 16.8. The van der Waals surface area contributed by atoms with Crippen molar-refractivity contribution < 1.29 is 40.7 Å². The number of halogens is 6. The van der Waals surface area contributed by atoms with E-state index >= 15 is 0 Å². The van der Waals surface area contributed by atoms with Gasteiger partial charge in [0.05, 0.1) is 29.2 Å². The van der Waals surface area contributed by atoms with Gasteiger partial charge < -0.3 is 15.4 Å². The van der Waals surface area contributed by atoms with Gasteiger partial charge >= 0.3 is 18.3 Å². The zero-order valence-corrected chi connectivity index (χ0v) is 20.1. The fourth-order valence-corrected chi connectivity index (χ4v) is 4.23. The Morgan fingerprint density at radius 1 is 0.946 bits per heavy atom. The molecular weight excluding hydrogens is 502 g/mol. The number of anilines is 1. The van der Waals surface area contributed by atoms with Crippen molar-refractivity contribution in [2.24, 2.45) is 5.73 Å². The van der Waals surface area contributed by atoms with Gasteiger partial charge in [-0.2, -0.15) is 26.3 Å². The zero-order chi connectivity index (χ0) is 27.7. The fourth-order valence-electron chi connectivity index (χ4n) is 4.23. The summed E-state index contributed by atoms with van der Waals surface area (Å²) in [7, 11) is 0. The van der Waals surface area contributed by atoms with Crippen molar-refractivity contribution in [3.8, 4) is 0 Å². The first-order chi connectivity index (χ1) is 17.2. The molecule has 0 amide bonds. The molecule has 2 aromatic rings. The van der Waals surface area contributed by atoms with Gasteiger partial charge in [0.1, 0.15) is 5.82 Å². The molecule has 0 bridgehead atoms. The van der Waals surface area contributed by atoms with Crippen LogP contribution in [0.2, 0.25) is 0 Å². The van der Waals surface area contributed by atoms with Crippen LogP contribution in [0.4, 0.5) is 32.0 Å². The number of carbonyl (C=O) groups is 2. The molecule has 0 aromatic heterocycles. The highest BCUT2D eigenvalue weighted by Crippen LogP contribution is 2.44. The Balaban J connectivity index is 2.28. The predicted molar refractivity (Wildman–Crippen MR) is 124 cm³/mol. The zero-order valence-electron chi connectivity index (χ0n) is 20.1. The first-order valence-electron chi connectivity index (χ1n) is 11.2. The molecule has 2 N–H and O–H groups in total. The van der Waals surface area contributed by atoms with Gasteiger partial charge in [-0.05, 0) is 56.2 Å². The van der Waals surface area contributed by atoms with E-state index in [1.807, 2.05) is 0 Å². The summed E-state index contributed by atoms with van der Waals surface area (Å²) >= 11 is 0. The molecule has 11 heteroatoms. The number of ketones is 1. The SMILES string of the molecule is CCCOC(=O)C1=C(N)N(c2cccc(C(F)(F)F)c2)C(C)=C(C(C)=O)C1c1ccc(C(F)(F)F)cc1. The van der Waals surface area contributed by atoms with Crippen molar-refractivity contribution in [1.82, 2.24) is 0 Å². The minimum atomic E-state index is -4.67. The standard InChI is InChI=1S/C26H24F6N2O3/c1-4-12-37-24(36)22-21(16-8-10-17(11-9-16)25(27,28)29)20(15(3)35)14(2)34(23(22)33)19-7-5-6-18(13-19)26(30,31)32/h5-11,13,21H,4,12,33H2,1-3H3. The predicted octanol–water partition coefficient (Wildman–Crippen LogP) is 6.31. The van der Waals surface area contributed by atoms with Gasteiger partial charge in [0.25, 0.3) is 0 Å². The van der Waals surface area contributed by atoms with E-state index in [1.54, 1.807) is 6.92 Å². The first-order valence-corrected chi connectivity index (χ1v) is 11.2. The molecule has 2 aromatic carbocycles. The Kier molecular flexibility index (Phi) is 7.75. The number of carbonyl (C=O) groups excluding carboxylic acids is 2. The van der Waals surface area contributed by atoms with E-state index in [0.717, 1.165) is 47.4 Å². The number of rotatable bonds is 6. The lowest BCUT2D eigenvalue weighted by Gasteiger charge is -2.37. The maximum Gasteiger partial charge on any atom is 0.416 e. The van der Waals surface area contributed by atoms with Gasteiger partial charge in [0.2, 0.25) is 0 Å². The molecule has 0 saturated heterocycles. The molecule has 5 nitrogen and oxygen atoms in total. The minimum absolute atomic E-state index is 0.0169. The second-order valence-electron chi connectivity index (χ2n) is 8.43. The smallest absolute Gasteiger partial charge is 0.416 e. The summed E-state index contributed by atoms with van der Waals surface area (Å²) in [6.45, 7) is 4.35. The molecule has 198 valence electrons. The summed E-state index contributed by atoms with van der Waals surface area (Å²) in [6, 6.07) is 8.05. The van der Waals surface area contributed by atoms with Crippen LogP contribution in [-0.4, -0.2) is 18.4 Å². The van der Waals surface area contributed by atoms with Crippen LogP contribution < -0.4 is 10.6 Å². The van der Waals surface area contributed by atoms with E-state index < -0.39 is 41.1 Å². The number of nitrogens with zero attached hydrogens (tertiary/aromatic N) is 1. The summed E-state index contributed by atoms with van der Waals surface area (Å²) in [5.41, 5.74) is 4.40. The molecule has 37 heavy (non-hydrogen) atoms. The molecule has 0 aliphatic carbocycles. The molecule has 0 spiro atoms. The molecule has 1 atom stereocenters. The van der Waals surface area contributed by atoms with Gasteiger partial charge in [-0.1, -0.05) is 25.1 Å². The van der Waals surface area contributed by atoms with Crippen LogP contribution in [0.1, 0.15) is 49.8 Å². The largest absolute Gasteiger partial charge is 0.462 e. The summed E-state index contributed by atoms with van der Waals surface area (Å²) < 4.78 is 84.9. The number of Topliss-reactive ketones (excluding diaryl/α,β-unsaturated/α-hetero) is 1. The topological polar surface area (TPSA) is 72.6 Å². The second kappa shape index (κ2) is 10.3. The van der Waals surface area contributed by atoms with Crippen molar-refractivity contribution in [2.75, 3.05) is 11.5 Å². The summed E-state index contributed by atoms with van der Waals surface area (Å²) in [5.74, 6) is -2.99. The maximum atomic E-state index is 13.4. The lowest BCUT2D eigenvalue weighted by Crippen LogP contribution is -2.38. The van der Waals surface area contributed by atoms with Crippen LogP contribution in [0.25, 0.3) is 0 Å². The molecule has 3 rings (SSSR count). The Morgan fingerprint density at radius 2 is 1.54 bits per heavy atom. The Labute approximate surface area is 209 Å². The van der Waals surface area contributed by atoms with Crippen LogP contribution in [0.15, 0.2) is 71.2 Å². The van der Waals surface area contributed by atoms with Crippen molar-refractivity contribution in [3.63, 3.8) is 0 Å². The Morgan fingerprint density at radius 3 is 2.05 bits per heavy atom. The molecule has 1 aliphatic heterocycles. The number of hydrogen-bond donors (Lipinski definition) is 1. The number of allylic oxidation sites excluding steroid dienone is 2. The van der Waals surface area contributed by atoms with E-state index in [1.165, 1.54) is 19.9 Å². The average Bonchev–Trinajstić information content (AvgIpc) is 2.81. The van der Waals surface area contributed by atoms with Crippen LogP contribution in [0, 0.1) is 0 Å². The lowest BCUT2D eigenvalue weighted by atomic mass is 9.79. The molecule has 0 fully saturated rings. The highest BCUT2D eigenvalue weighted by molar-refractivity contribution is 6.03. The van der Waals surface area contributed by atoms with Crippen molar-refractivity contribution in [1.29, 1.82) is 0 Å². The van der Waals surface area contributed by atoms with E-state index in [2.05, 4.69) is 0 Å². The number of esters is 1. The van der Waals surface area contributed by atoms with E-state index in [9.17, 15) is 35.9 Å². The van der Waals surface area contributed by atoms with E-state index in [-0.39, 0.29) is 40.5 Å². The number of alkyl halides is 6. The highest BCUT2D eigenvalue weighted by Gasteiger charge is 2.41. The van der Waals surface area contributed by atoms with Gasteiger partial charge in [-0.15, -0.1) is 0 Å². The number of nitrogens with two attached hydrogens (primary N) is 1. The molecule has 1 heterocycles. The summed E-state index contributed by atoms with van der Waals surface area (Å²) in [6.07, 6.45) is -8.84. The number of ether oxygens (including phenoxy) is 1. The quantitative estimate of drug-likeness (QED) is 0.353. The van der Waals surface area contributed by atoms with Crippen LogP contribution in [0.3, 0.4) is 0 Å². The third kappa shape index (κ3) is 5.65. The molecule has 1 aliphatic rings. The first kappa shape index (κ1) is 27.8. The lowest BCUT2D eigenvalue weighted by molar-refractivity contribution is -0.140. The van der Waals surface area contributed by atoms with Crippen LogP contribution in [-0.2, 0) is 26.7 Å². The van der Waals surface area contributed by atoms with Gasteiger partial charge in [-0.25, -0.2) is 4.79 Å². The minimum Gasteiger partial charge on any atom is -0.462 e. The molecular formula is C26H24F6N2O3. The van der Waals surface area contributed by atoms with Crippen molar-refractivity contribution >= 4 is 17.4 Å². The van der Waals surface area contributed by atoms with Crippen molar-refractivity contribution in [2.45, 2.75) is 45.5 Å². The van der Waals surface area contributed by atoms with Gasteiger partial charge in [0, 0.05) is 17.0 Å². The summed E-state index contributed by atoms with van der Waals surface area (Å²) in [4.78, 5) is 27.2. The third-order valence-electron chi connectivity index (χ3n) is 5.86. The number of hydrogen-bond acceptors (Lipinski definition) is 5. The third-order valence-corrected chi connectivity index (χ3v) is 5.86. The monoisotopic (exact) mass is 526 g/mol. The fraction of sp³-hybridized carbons (Fsp3) is 0.308. The molecule has 0 radical (unpaired) electrons. The van der Waals surface area contributed by atoms with Crippen LogP contribution >= 0.6 is 0 Å². The summed E-state index contributed by atoms with van der Waals surface area (Å²) in [5, 5.41) is 0. The number of benzene rings is 2. The van der Waals surface area contributed by atoms with Gasteiger partial charge in [-0.3, -0.25) is 4.79 Å². The second-order valence-corrected chi connectivity index (χ2v) is 8.43. The van der Waals surface area contributed by atoms with E-state index in [0.29, 0.717) is 6.42 Å². The highest BCUT2D eigenvalue weighted by atomic mass is 19.4. The Bertz CT molecular complexity index is 1260. The van der Waals surface area contributed by atoms with Crippen molar-refractivity contribution in [3.05, 3.63) is 87.9 Å². The van der Waals surface area contributed by atoms with E-state index in [4.69, 9.17) is 10.5 Å². The Hall–Kier alpha value is -3.76. The average molecular weight is 526 g/mol. The maximum absolute atomic E-state index is 13.4. The molecule has 0 saturated carbocycles. The van der Waals surface area contributed by atoms with Gasteiger partial charge in [0.15, 0.2) is 5.78 Å².